The van der Waals surface area contributed by atoms with Gasteiger partial charge in [0.05, 0.1) is 11.4 Å². The third kappa shape index (κ3) is 5.04. The van der Waals surface area contributed by atoms with Crippen LogP contribution in [0.2, 0.25) is 0 Å². The van der Waals surface area contributed by atoms with E-state index in [1.165, 1.54) is 12.1 Å². The van der Waals surface area contributed by atoms with E-state index in [2.05, 4.69) is 21.2 Å². The standard InChI is InChI=1S/C13H17BrFNO2/c1-9(2)12(14)13(17)16-7-8-18-11-5-3-10(15)4-6-11/h3-6,9,12H,7-8H2,1-2H3,(H,16,17). The van der Waals surface area contributed by atoms with E-state index < -0.39 is 0 Å². The molecule has 5 heteroatoms. The Labute approximate surface area is 115 Å². The lowest BCUT2D eigenvalue weighted by Gasteiger charge is -2.14. The molecular formula is C13H17BrFNO2. The van der Waals surface area contributed by atoms with E-state index in [0.717, 1.165) is 0 Å². The van der Waals surface area contributed by atoms with Gasteiger partial charge in [0.1, 0.15) is 18.2 Å². The van der Waals surface area contributed by atoms with Crippen molar-refractivity contribution < 1.29 is 13.9 Å². The Balaban J connectivity index is 2.23. The third-order valence-corrected chi connectivity index (χ3v) is 3.79. The van der Waals surface area contributed by atoms with Gasteiger partial charge in [-0.3, -0.25) is 4.79 Å². The zero-order chi connectivity index (χ0) is 13.5. The number of benzene rings is 1. The summed E-state index contributed by atoms with van der Waals surface area (Å²) in [6, 6.07) is 5.78. The van der Waals surface area contributed by atoms with Gasteiger partial charge in [-0.15, -0.1) is 0 Å². The molecule has 0 spiro atoms. The van der Waals surface area contributed by atoms with Crippen molar-refractivity contribution in [1.29, 1.82) is 0 Å². The Morgan fingerprint density at radius 3 is 2.56 bits per heavy atom. The monoisotopic (exact) mass is 317 g/mol. The van der Waals surface area contributed by atoms with Crippen molar-refractivity contribution in [2.45, 2.75) is 18.7 Å². The highest BCUT2D eigenvalue weighted by molar-refractivity contribution is 9.10. The van der Waals surface area contributed by atoms with Gasteiger partial charge in [-0.2, -0.15) is 0 Å². The van der Waals surface area contributed by atoms with Crippen molar-refractivity contribution in [2.75, 3.05) is 13.2 Å². The predicted molar refractivity (Wildman–Crippen MR) is 72.5 cm³/mol. The molecule has 0 saturated carbocycles. The van der Waals surface area contributed by atoms with Crippen LogP contribution in [0.25, 0.3) is 0 Å². The maximum Gasteiger partial charge on any atom is 0.234 e. The van der Waals surface area contributed by atoms with E-state index in [-0.39, 0.29) is 22.5 Å². The van der Waals surface area contributed by atoms with E-state index in [1.54, 1.807) is 12.1 Å². The SMILES string of the molecule is CC(C)C(Br)C(=O)NCCOc1ccc(F)cc1. The second-order valence-electron chi connectivity index (χ2n) is 4.24. The topological polar surface area (TPSA) is 38.3 Å². The number of carbonyl (C=O) groups excluding carboxylic acids is 1. The summed E-state index contributed by atoms with van der Waals surface area (Å²) in [5, 5.41) is 2.76. The van der Waals surface area contributed by atoms with Crippen LogP contribution in [0.3, 0.4) is 0 Å². The molecule has 1 amide bonds. The summed E-state index contributed by atoms with van der Waals surface area (Å²) < 4.78 is 18.0. The van der Waals surface area contributed by atoms with Crippen molar-refractivity contribution in [1.82, 2.24) is 5.32 Å². The molecule has 0 aliphatic heterocycles. The van der Waals surface area contributed by atoms with E-state index in [1.807, 2.05) is 13.8 Å². The van der Waals surface area contributed by atoms with Crippen molar-refractivity contribution in [3.05, 3.63) is 30.1 Å². The molecule has 0 saturated heterocycles. The van der Waals surface area contributed by atoms with E-state index >= 15 is 0 Å². The van der Waals surface area contributed by atoms with Crippen molar-refractivity contribution in [3.8, 4) is 5.75 Å². The molecule has 100 valence electrons. The first-order chi connectivity index (χ1) is 8.50. The minimum absolute atomic E-state index is 0.0484. The minimum Gasteiger partial charge on any atom is -0.492 e. The summed E-state index contributed by atoms with van der Waals surface area (Å²) in [5.74, 6) is 0.482. The summed E-state index contributed by atoms with van der Waals surface area (Å²) in [5.41, 5.74) is 0. The molecule has 0 bridgehead atoms. The largest absolute Gasteiger partial charge is 0.492 e. The normalized spacial score (nSPS) is 12.3. The van der Waals surface area contributed by atoms with Gasteiger partial charge in [0, 0.05) is 0 Å². The first-order valence-electron chi connectivity index (χ1n) is 5.81. The lowest BCUT2D eigenvalue weighted by molar-refractivity contribution is -0.121. The molecule has 0 heterocycles. The molecule has 0 aliphatic rings. The fraction of sp³-hybridized carbons (Fsp3) is 0.462. The van der Waals surface area contributed by atoms with Gasteiger partial charge in [0.15, 0.2) is 0 Å². The first-order valence-corrected chi connectivity index (χ1v) is 6.72. The van der Waals surface area contributed by atoms with Gasteiger partial charge in [-0.1, -0.05) is 29.8 Å². The molecule has 0 radical (unpaired) electrons. The van der Waals surface area contributed by atoms with Crippen molar-refractivity contribution in [2.24, 2.45) is 5.92 Å². The molecule has 1 aromatic carbocycles. The predicted octanol–water partition coefficient (Wildman–Crippen LogP) is 2.74. The van der Waals surface area contributed by atoms with Crippen LogP contribution in [0.5, 0.6) is 5.75 Å². The van der Waals surface area contributed by atoms with Gasteiger partial charge >= 0.3 is 0 Å². The van der Waals surface area contributed by atoms with Gasteiger partial charge in [-0.05, 0) is 30.2 Å². The number of alkyl halides is 1. The van der Waals surface area contributed by atoms with Crippen LogP contribution in [0.4, 0.5) is 4.39 Å². The highest BCUT2D eigenvalue weighted by atomic mass is 79.9. The number of ether oxygens (including phenoxy) is 1. The van der Waals surface area contributed by atoms with Crippen LogP contribution < -0.4 is 10.1 Å². The Bertz CT molecular complexity index is 381. The average molecular weight is 318 g/mol. The second kappa shape index (κ2) is 7.36. The average Bonchev–Trinajstić information content (AvgIpc) is 2.35. The maximum atomic E-state index is 12.6. The van der Waals surface area contributed by atoms with Crippen molar-refractivity contribution in [3.63, 3.8) is 0 Å². The van der Waals surface area contributed by atoms with Crippen LogP contribution in [-0.4, -0.2) is 23.9 Å². The van der Waals surface area contributed by atoms with Crippen LogP contribution in [0, 0.1) is 11.7 Å². The number of nitrogens with one attached hydrogen (secondary N) is 1. The molecule has 18 heavy (non-hydrogen) atoms. The van der Waals surface area contributed by atoms with E-state index in [9.17, 15) is 9.18 Å². The second-order valence-corrected chi connectivity index (χ2v) is 5.23. The number of hydrogen-bond acceptors (Lipinski definition) is 2. The number of amides is 1. The Kier molecular flexibility index (Phi) is 6.12. The number of carbonyl (C=O) groups is 1. The molecule has 1 unspecified atom stereocenters. The van der Waals surface area contributed by atoms with E-state index in [0.29, 0.717) is 18.9 Å². The Morgan fingerprint density at radius 1 is 1.39 bits per heavy atom. The van der Waals surface area contributed by atoms with Crippen LogP contribution in [-0.2, 0) is 4.79 Å². The highest BCUT2D eigenvalue weighted by Gasteiger charge is 2.17. The van der Waals surface area contributed by atoms with Crippen LogP contribution in [0.1, 0.15) is 13.8 Å². The number of hydrogen-bond donors (Lipinski definition) is 1. The van der Waals surface area contributed by atoms with E-state index in [4.69, 9.17) is 4.74 Å². The van der Waals surface area contributed by atoms with Crippen LogP contribution in [0.15, 0.2) is 24.3 Å². The fourth-order valence-corrected chi connectivity index (χ4v) is 1.44. The summed E-state index contributed by atoms with van der Waals surface area (Å²) in [4.78, 5) is 11.4. The first kappa shape index (κ1) is 15.0. The summed E-state index contributed by atoms with van der Waals surface area (Å²) in [7, 11) is 0. The lowest BCUT2D eigenvalue weighted by atomic mass is 10.1. The smallest absolute Gasteiger partial charge is 0.234 e. The summed E-state index contributed by atoms with van der Waals surface area (Å²) in [6.07, 6.45) is 0. The molecule has 0 fully saturated rings. The molecule has 0 aromatic heterocycles. The molecular weight excluding hydrogens is 301 g/mol. The van der Waals surface area contributed by atoms with Gasteiger partial charge in [0.25, 0.3) is 0 Å². The fourth-order valence-electron chi connectivity index (χ4n) is 1.27. The molecule has 0 aliphatic carbocycles. The maximum absolute atomic E-state index is 12.6. The molecule has 1 aromatic rings. The zero-order valence-electron chi connectivity index (χ0n) is 10.5. The Morgan fingerprint density at radius 2 is 2.00 bits per heavy atom. The van der Waals surface area contributed by atoms with Gasteiger partial charge in [-0.25, -0.2) is 4.39 Å². The lowest BCUT2D eigenvalue weighted by Crippen LogP contribution is -2.36. The summed E-state index contributed by atoms with van der Waals surface area (Å²) >= 11 is 3.32. The van der Waals surface area contributed by atoms with Crippen LogP contribution >= 0.6 is 15.9 Å². The molecule has 1 atom stereocenters. The third-order valence-electron chi connectivity index (χ3n) is 2.32. The molecule has 1 N–H and O–H groups in total. The molecule has 1 rings (SSSR count). The summed E-state index contributed by atoms with van der Waals surface area (Å²) in [6.45, 7) is 4.71. The number of halogens is 2. The molecule has 3 nitrogen and oxygen atoms in total. The highest BCUT2D eigenvalue weighted by Crippen LogP contribution is 2.12. The van der Waals surface area contributed by atoms with Gasteiger partial charge < -0.3 is 10.1 Å². The zero-order valence-corrected chi connectivity index (χ0v) is 12.0. The quantitative estimate of drug-likeness (QED) is 0.647. The van der Waals surface area contributed by atoms with Gasteiger partial charge in [0.2, 0.25) is 5.91 Å². The minimum atomic E-state index is -0.297. The number of rotatable bonds is 6. The van der Waals surface area contributed by atoms with Crippen molar-refractivity contribution >= 4 is 21.8 Å². The Hall–Kier alpha value is -1.10.